The van der Waals surface area contributed by atoms with Crippen molar-refractivity contribution in [2.75, 3.05) is 4.90 Å². The Hall–Kier alpha value is -5.42. The van der Waals surface area contributed by atoms with Gasteiger partial charge in [0.2, 0.25) is 0 Å². The third-order valence-corrected chi connectivity index (χ3v) is 8.82. The van der Waals surface area contributed by atoms with Gasteiger partial charge in [0.15, 0.2) is 11.5 Å². The molecule has 41 heavy (non-hydrogen) atoms. The molecule has 7 aromatic rings. The van der Waals surface area contributed by atoms with E-state index in [2.05, 4.69) is 113 Å². The van der Waals surface area contributed by atoms with Crippen LogP contribution in [0.1, 0.15) is 0 Å². The fourth-order valence-electron chi connectivity index (χ4n) is 7.21. The molecule has 0 amide bonds. The molecule has 4 nitrogen and oxygen atoms in total. The highest BCUT2D eigenvalue weighted by atomic mass is 16.5. The van der Waals surface area contributed by atoms with E-state index < -0.39 is 0 Å². The van der Waals surface area contributed by atoms with Gasteiger partial charge < -0.3 is 18.9 Å². The second-order valence-corrected chi connectivity index (χ2v) is 10.9. The van der Waals surface area contributed by atoms with Crippen LogP contribution in [0.4, 0.5) is 17.1 Å². The SMILES string of the molecule is c1ccc2c(c1)Oc1ccccc1N2c1ccc2c(c1)B1c3c(cccc3-n3c4ccccc4c4cccc1c43)O2. The van der Waals surface area contributed by atoms with E-state index >= 15 is 0 Å². The molecule has 4 heterocycles. The molecule has 1 aromatic heterocycles. The lowest BCUT2D eigenvalue weighted by molar-refractivity contribution is 0.477. The second kappa shape index (κ2) is 7.61. The molecule has 0 N–H and O–H groups in total. The minimum atomic E-state index is 0.0527. The van der Waals surface area contributed by atoms with E-state index in [-0.39, 0.29) is 6.71 Å². The van der Waals surface area contributed by atoms with E-state index in [9.17, 15) is 0 Å². The van der Waals surface area contributed by atoms with Crippen molar-refractivity contribution in [3.05, 3.63) is 127 Å². The Kier molecular flexibility index (Phi) is 3.98. The van der Waals surface area contributed by atoms with Crippen molar-refractivity contribution >= 4 is 62.0 Å². The van der Waals surface area contributed by atoms with Gasteiger partial charge in [-0.15, -0.1) is 0 Å². The van der Waals surface area contributed by atoms with Crippen LogP contribution >= 0.6 is 0 Å². The minimum absolute atomic E-state index is 0.0527. The number of rotatable bonds is 1. The quantitative estimate of drug-likeness (QED) is 0.211. The average molecular weight is 524 g/mol. The molecule has 6 aromatic carbocycles. The van der Waals surface area contributed by atoms with Crippen LogP contribution in [-0.4, -0.2) is 11.3 Å². The van der Waals surface area contributed by atoms with Gasteiger partial charge in [0.25, 0.3) is 6.71 Å². The topological polar surface area (TPSA) is 26.6 Å². The van der Waals surface area contributed by atoms with Crippen LogP contribution in [0.3, 0.4) is 0 Å². The summed E-state index contributed by atoms with van der Waals surface area (Å²) in [5, 5.41) is 2.56. The summed E-state index contributed by atoms with van der Waals surface area (Å²) in [5.41, 5.74) is 10.5. The molecular weight excluding hydrogens is 503 g/mol. The summed E-state index contributed by atoms with van der Waals surface area (Å²) in [6.45, 7) is 0.0527. The predicted octanol–water partition coefficient (Wildman–Crippen LogP) is 7.29. The number of benzene rings is 6. The Labute approximate surface area is 236 Å². The van der Waals surface area contributed by atoms with Crippen LogP contribution < -0.4 is 30.8 Å². The lowest BCUT2D eigenvalue weighted by Crippen LogP contribution is -2.58. The zero-order valence-corrected chi connectivity index (χ0v) is 21.9. The Morgan fingerprint density at radius 2 is 1.15 bits per heavy atom. The van der Waals surface area contributed by atoms with Crippen LogP contribution in [-0.2, 0) is 0 Å². The van der Waals surface area contributed by atoms with Crippen LogP contribution in [0.15, 0.2) is 127 Å². The molecule has 3 aliphatic rings. The van der Waals surface area contributed by atoms with Crippen molar-refractivity contribution in [2.45, 2.75) is 0 Å². The maximum atomic E-state index is 6.65. The maximum Gasteiger partial charge on any atom is 0.256 e. The normalized spacial score (nSPS) is 13.7. The van der Waals surface area contributed by atoms with Crippen LogP contribution in [0.25, 0.3) is 27.5 Å². The summed E-state index contributed by atoms with van der Waals surface area (Å²) in [5.74, 6) is 3.52. The molecular formula is C36H21BN2O2. The van der Waals surface area contributed by atoms with E-state index in [1.54, 1.807) is 0 Å². The molecule has 5 heteroatoms. The molecule has 0 saturated heterocycles. The number of hydrogen-bond donors (Lipinski definition) is 0. The summed E-state index contributed by atoms with van der Waals surface area (Å²) in [6.07, 6.45) is 0. The highest BCUT2D eigenvalue weighted by molar-refractivity contribution is 6.99. The van der Waals surface area contributed by atoms with Gasteiger partial charge in [-0.1, -0.05) is 66.7 Å². The molecule has 0 bridgehead atoms. The largest absolute Gasteiger partial charge is 0.458 e. The molecule has 0 spiro atoms. The zero-order valence-electron chi connectivity index (χ0n) is 21.9. The van der Waals surface area contributed by atoms with Crippen LogP contribution in [0.2, 0.25) is 0 Å². The van der Waals surface area contributed by atoms with E-state index in [0.29, 0.717) is 0 Å². The molecule has 0 aliphatic carbocycles. The molecule has 0 atom stereocenters. The fourth-order valence-corrected chi connectivity index (χ4v) is 7.21. The number of hydrogen-bond acceptors (Lipinski definition) is 3. The summed E-state index contributed by atoms with van der Waals surface area (Å²) >= 11 is 0. The van der Waals surface area contributed by atoms with Gasteiger partial charge in [-0.05, 0) is 77.1 Å². The van der Waals surface area contributed by atoms with Gasteiger partial charge in [0, 0.05) is 27.7 Å². The summed E-state index contributed by atoms with van der Waals surface area (Å²) in [4.78, 5) is 2.30. The van der Waals surface area contributed by atoms with Crippen molar-refractivity contribution in [2.24, 2.45) is 0 Å². The molecule has 0 unspecified atom stereocenters. The zero-order chi connectivity index (χ0) is 26.7. The first kappa shape index (κ1) is 21.4. The Bertz CT molecular complexity index is 2210. The Morgan fingerprint density at radius 3 is 2.00 bits per heavy atom. The summed E-state index contributed by atoms with van der Waals surface area (Å²) in [6, 6.07) is 45.0. The third kappa shape index (κ3) is 2.70. The number of fused-ring (bicyclic) bond motifs is 9. The van der Waals surface area contributed by atoms with E-state index in [0.717, 1.165) is 40.1 Å². The fraction of sp³-hybridized carbons (Fsp3) is 0. The second-order valence-electron chi connectivity index (χ2n) is 10.9. The molecule has 3 aliphatic heterocycles. The standard InChI is InChI=1S/C36H21BN2O2/c1-2-12-27-23(9-1)24-10-7-11-25-36(24)39(27)30-15-8-18-34-35(30)37(25)26-21-22(19-20-31(26)40-34)38-28-13-3-5-16-32(28)41-33-17-6-4-14-29(33)38/h1-21H. The first-order valence-electron chi connectivity index (χ1n) is 14.0. The number of ether oxygens (including phenoxy) is 2. The van der Waals surface area contributed by atoms with Gasteiger partial charge >= 0.3 is 0 Å². The summed E-state index contributed by atoms with van der Waals surface area (Å²) < 4.78 is 15.4. The average Bonchev–Trinajstić information content (AvgIpc) is 3.37. The van der Waals surface area contributed by atoms with Gasteiger partial charge in [-0.2, -0.15) is 0 Å². The molecule has 0 saturated carbocycles. The van der Waals surface area contributed by atoms with Crippen molar-refractivity contribution in [3.8, 4) is 28.7 Å². The lowest BCUT2D eigenvalue weighted by atomic mass is 9.34. The molecule has 10 rings (SSSR count). The summed E-state index contributed by atoms with van der Waals surface area (Å²) in [7, 11) is 0. The maximum absolute atomic E-state index is 6.65. The smallest absolute Gasteiger partial charge is 0.256 e. The molecule has 0 radical (unpaired) electrons. The van der Waals surface area contributed by atoms with Gasteiger partial charge in [-0.25, -0.2) is 0 Å². The Morgan fingerprint density at radius 1 is 0.488 bits per heavy atom. The highest BCUT2D eigenvalue weighted by Crippen LogP contribution is 2.50. The Balaban J connectivity index is 1.26. The van der Waals surface area contributed by atoms with Gasteiger partial charge in [0.05, 0.1) is 16.9 Å². The van der Waals surface area contributed by atoms with Crippen molar-refractivity contribution < 1.29 is 9.47 Å². The number of nitrogens with zero attached hydrogens (tertiary/aromatic N) is 2. The van der Waals surface area contributed by atoms with Crippen molar-refractivity contribution in [1.29, 1.82) is 0 Å². The van der Waals surface area contributed by atoms with E-state index in [1.807, 2.05) is 24.3 Å². The van der Waals surface area contributed by atoms with E-state index in [1.165, 1.54) is 43.9 Å². The molecule has 0 fully saturated rings. The van der Waals surface area contributed by atoms with Crippen molar-refractivity contribution in [1.82, 2.24) is 4.57 Å². The number of anilines is 3. The predicted molar refractivity (Wildman–Crippen MR) is 167 cm³/mol. The van der Waals surface area contributed by atoms with Gasteiger partial charge in [0.1, 0.15) is 11.5 Å². The monoisotopic (exact) mass is 524 g/mol. The minimum Gasteiger partial charge on any atom is -0.458 e. The van der Waals surface area contributed by atoms with Crippen molar-refractivity contribution in [3.63, 3.8) is 0 Å². The first-order chi connectivity index (χ1) is 20.3. The third-order valence-electron chi connectivity index (χ3n) is 8.82. The number of aromatic nitrogens is 1. The first-order valence-corrected chi connectivity index (χ1v) is 14.0. The highest BCUT2D eigenvalue weighted by Gasteiger charge is 2.40. The number of para-hydroxylation sites is 6. The van der Waals surface area contributed by atoms with Crippen LogP contribution in [0.5, 0.6) is 23.0 Å². The van der Waals surface area contributed by atoms with Gasteiger partial charge in [-0.3, -0.25) is 0 Å². The molecule has 190 valence electrons. The van der Waals surface area contributed by atoms with E-state index in [4.69, 9.17) is 9.47 Å². The van der Waals surface area contributed by atoms with Crippen LogP contribution in [0, 0.1) is 0 Å². The lowest BCUT2D eigenvalue weighted by Gasteiger charge is -2.36.